The van der Waals surface area contributed by atoms with E-state index < -0.39 is 0 Å². The van der Waals surface area contributed by atoms with Crippen molar-refractivity contribution < 1.29 is 0 Å². The van der Waals surface area contributed by atoms with Crippen molar-refractivity contribution in [2.75, 3.05) is 0 Å². The van der Waals surface area contributed by atoms with Gasteiger partial charge in [0.1, 0.15) is 0 Å². The molecule has 1 aliphatic carbocycles. The van der Waals surface area contributed by atoms with Gasteiger partial charge in [-0.2, -0.15) is 0 Å². The van der Waals surface area contributed by atoms with Crippen LogP contribution in [0, 0.1) is 0 Å². The summed E-state index contributed by atoms with van der Waals surface area (Å²) < 4.78 is 0. The smallest absolute Gasteiger partial charge is 0.0683 e. The van der Waals surface area contributed by atoms with Crippen LogP contribution in [-0.2, 0) is 5.41 Å². The Hall–Kier alpha value is -4.42. The second-order valence-electron chi connectivity index (χ2n) is 9.31. The molecule has 6 aromatic carbocycles. The number of benzene rings is 6. The molecule has 0 heteroatoms. The Bertz CT molecular complexity index is 1630. The molecule has 0 nitrogen and oxygen atoms in total. The maximum Gasteiger partial charge on any atom is 0.0713 e. The molecule has 0 saturated heterocycles. The fourth-order valence-electron chi connectivity index (χ4n) is 6.09. The van der Waals surface area contributed by atoms with Gasteiger partial charge >= 0.3 is 0 Å². The lowest BCUT2D eigenvalue weighted by Crippen LogP contribution is -2.28. The summed E-state index contributed by atoms with van der Waals surface area (Å²) in [4.78, 5) is 0. The monoisotopic (exact) mass is 474 g/mol. The first kappa shape index (κ1) is 23.0. The second-order valence-corrected chi connectivity index (χ2v) is 9.31. The van der Waals surface area contributed by atoms with Crippen molar-refractivity contribution in [3.8, 4) is 22.3 Å². The minimum Gasteiger partial charge on any atom is -0.0683 e. The first-order chi connectivity index (χ1) is 18.4. The molecule has 0 spiro atoms. The van der Waals surface area contributed by atoms with Gasteiger partial charge in [0.2, 0.25) is 0 Å². The molecule has 0 atom stereocenters. The zero-order valence-electron chi connectivity index (χ0n) is 21.4. The van der Waals surface area contributed by atoms with Gasteiger partial charge in [-0.3, -0.25) is 0 Å². The van der Waals surface area contributed by atoms with E-state index in [0.29, 0.717) is 0 Å². The molecule has 1 aliphatic rings. The van der Waals surface area contributed by atoms with Gasteiger partial charge < -0.3 is 0 Å². The normalized spacial score (nSPS) is 12.8. The SMILES string of the molecule is CC.c1ccc(C2(c3ccccc3)c3ccccc3-c3ccc(-c4cccc5ccccc45)cc32)cc1. The topological polar surface area (TPSA) is 0 Å². The van der Waals surface area contributed by atoms with Crippen LogP contribution in [-0.4, -0.2) is 0 Å². The molecule has 0 fully saturated rings. The summed E-state index contributed by atoms with van der Waals surface area (Å²) in [6.45, 7) is 4.00. The van der Waals surface area contributed by atoms with E-state index in [1.165, 1.54) is 55.3 Å². The number of hydrogen-bond acceptors (Lipinski definition) is 0. The van der Waals surface area contributed by atoms with Crippen LogP contribution in [0.5, 0.6) is 0 Å². The van der Waals surface area contributed by atoms with Crippen molar-refractivity contribution in [2.45, 2.75) is 19.3 Å². The van der Waals surface area contributed by atoms with Crippen LogP contribution in [0.4, 0.5) is 0 Å². The minimum atomic E-state index is -0.366. The van der Waals surface area contributed by atoms with E-state index >= 15 is 0 Å². The first-order valence-corrected chi connectivity index (χ1v) is 13.2. The highest BCUT2D eigenvalue weighted by Gasteiger charge is 2.45. The maximum absolute atomic E-state index is 2.44. The third kappa shape index (κ3) is 3.52. The predicted molar refractivity (Wildman–Crippen MR) is 158 cm³/mol. The Morgan fingerprint density at radius 2 is 0.946 bits per heavy atom. The van der Waals surface area contributed by atoms with Gasteiger partial charge in [0, 0.05) is 0 Å². The molecule has 6 aromatic rings. The van der Waals surface area contributed by atoms with Crippen LogP contribution in [0.15, 0.2) is 146 Å². The summed E-state index contributed by atoms with van der Waals surface area (Å²) >= 11 is 0. The van der Waals surface area contributed by atoms with Crippen LogP contribution < -0.4 is 0 Å². The molecule has 0 radical (unpaired) electrons. The number of fused-ring (bicyclic) bond motifs is 4. The van der Waals surface area contributed by atoms with E-state index in [1.54, 1.807) is 0 Å². The van der Waals surface area contributed by atoms with Crippen molar-refractivity contribution in [3.63, 3.8) is 0 Å². The van der Waals surface area contributed by atoms with E-state index in [0.717, 1.165) is 0 Å². The van der Waals surface area contributed by atoms with Crippen molar-refractivity contribution in [3.05, 3.63) is 168 Å². The summed E-state index contributed by atoms with van der Waals surface area (Å²) in [5, 5.41) is 2.56. The molecule has 0 aliphatic heterocycles. The lowest BCUT2D eigenvalue weighted by Gasteiger charge is -2.34. The molecule has 0 bridgehead atoms. The number of hydrogen-bond donors (Lipinski definition) is 0. The van der Waals surface area contributed by atoms with Gasteiger partial charge in [0.25, 0.3) is 0 Å². The lowest BCUT2D eigenvalue weighted by molar-refractivity contribution is 0.769. The zero-order valence-corrected chi connectivity index (χ0v) is 21.4. The fraction of sp³-hybridized carbons (Fsp3) is 0.0811. The van der Waals surface area contributed by atoms with Crippen LogP contribution >= 0.6 is 0 Å². The second kappa shape index (κ2) is 9.56. The van der Waals surface area contributed by atoms with Crippen molar-refractivity contribution >= 4 is 10.8 Å². The average molecular weight is 475 g/mol. The lowest BCUT2D eigenvalue weighted by atomic mass is 9.67. The third-order valence-electron chi connectivity index (χ3n) is 7.56. The molecule has 0 N–H and O–H groups in total. The quantitative estimate of drug-likeness (QED) is 0.239. The van der Waals surface area contributed by atoms with Crippen molar-refractivity contribution in [2.24, 2.45) is 0 Å². The average Bonchev–Trinajstić information content (AvgIpc) is 3.29. The van der Waals surface area contributed by atoms with Crippen LogP contribution in [0.2, 0.25) is 0 Å². The van der Waals surface area contributed by atoms with Gasteiger partial charge in [0.15, 0.2) is 0 Å². The van der Waals surface area contributed by atoms with Gasteiger partial charge in [-0.25, -0.2) is 0 Å². The zero-order chi connectivity index (χ0) is 25.2. The van der Waals surface area contributed by atoms with E-state index in [4.69, 9.17) is 0 Å². The van der Waals surface area contributed by atoms with Crippen LogP contribution in [0.1, 0.15) is 36.1 Å². The highest BCUT2D eigenvalue weighted by Crippen LogP contribution is 2.56. The van der Waals surface area contributed by atoms with Gasteiger partial charge in [-0.1, -0.05) is 153 Å². The van der Waals surface area contributed by atoms with Crippen LogP contribution in [0.3, 0.4) is 0 Å². The molecule has 0 unspecified atom stereocenters. The molecule has 7 rings (SSSR count). The predicted octanol–water partition coefficient (Wildman–Crippen LogP) is 9.90. The Labute approximate surface area is 219 Å². The number of rotatable bonds is 3. The summed E-state index contributed by atoms with van der Waals surface area (Å²) in [5.74, 6) is 0. The van der Waals surface area contributed by atoms with Gasteiger partial charge in [-0.05, 0) is 61.3 Å². The molecule has 178 valence electrons. The summed E-state index contributed by atoms with van der Waals surface area (Å²) in [6, 6.07) is 53.3. The Balaban J connectivity index is 0.00000123. The highest BCUT2D eigenvalue weighted by atomic mass is 14.5. The van der Waals surface area contributed by atoms with E-state index in [1.807, 2.05) is 13.8 Å². The standard InChI is InChI=1S/C35H24.C2H6/c1-3-14-27(15-4-1)35(28-16-5-2-6-17-28)33-21-10-9-19-31(33)32-23-22-26(24-34(32)35)30-20-11-13-25-12-7-8-18-29(25)30;1-2/h1-24H;1-2H3. The van der Waals surface area contributed by atoms with E-state index in [9.17, 15) is 0 Å². The molecular weight excluding hydrogens is 444 g/mol. The molecule has 0 aromatic heterocycles. The molecule has 0 heterocycles. The van der Waals surface area contributed by atoms with Crippen molar-refractivity contribution in [1.82, 2.24) is 0 Å². The Kier molecular flexibility index (Phi) is 5.94. The summed E-state index contributed by atoms with van der Waals surface area (Å²) in [5.41, 5.74) is 10.1. The summed E-state index contributed by atoms with van der Waals surface area (Å²) in [7, 11) is 0. The summed E-state index contributed by atoms with van der Waals surface area (Å²) in [6.07, 6.45) is 0. The maximum atomic E-state index is 2.44. The van der Waals surface area contributed by atoms with E-state index in [-0.39, 0.29) is 5.41 Å². The Morgan fingerprint density at radius 1 is 0.405 bits per heavy atom. The van der Waals surface area contributed by atoms with Gasteiger partial charge in [0.05, 0.1) is 5.41 Å². The van der Waals surface area contributed by atoms with Gasteiger partial charge in [-0.15, -0.1) is 0 Å². The first-order valence-electron chi connectivity index (χ1n) is 13.2. The molecular formula is C37H30. The fourth-order valence-corrected chi connectivity index (χ4v) is 6.09. The highest BCUT2D eigenvalue weighted by molar-refractivity contribution is 5.98. The molecule has 0 saturated carbocycles. The van der Waals surface area contributed by atoms with Crippen molar-refractivity contribution in [1.29, 1.82) is 0 Å². The Morgan fingerprint density at radius 3 is 1.68 bits per heavy atom. The van der Waals surface area contributed by atoms with E-state index in [2.05, 4.69) is 146 Å². The molecule has 37 heavy (non-hydrogen) atoms. The third-order valence-corrected chi connectivity index (χ3v) is 7.56. The molecule has 0 amide bonds. The largest absolute Gasteiger partial charge is 0.0713 e. The minimum absolute atomic E-state index is 0.366. The van der Waals surface area contributed by atoms with Crippen LogP contribution in [0.25, 0.3) is 33.0 Å².